The molecular weight excluding hydrogens is 381 g/mol. The SMILES string of the molecule is CC(CCNC(=O)C(C)(N)c1ccccc1)N(C)Cc1ccccc1.Cl.Cl. The third kappa shape index (κ3) is 7.51. The van der Waals surface area contributed by atoms with Gasteiger partial charge in [-0.2, -0.15) is 0 Å². The molecule has 6 heteroatoms. The van der Waals surface area contributed by atoms with E-state index in [0.717, 1.165) is 18.5 Å². The Kier molecular flexibility index (Phi) is 11.3. The number of rotatable bonds is 8. The molecule has 0 radical (unpaired) electrons. The topological polar surface area (TPSA) is 58.4 Å². The molecule has 0 saturated carbocycles. The number of hydrogen-bond acceptors (Lipinski definition) is 3. The predicted molar refractivity (Wildman–Crippen MR) is 117 cm³/mol. The summed E-state index contributed by atoms with van der Waals surface area (Å²) in [5.41, 5.74) is 7.34. The summed E-state index contributed by atoms with van der Waals surface area (Å²) < 4.78 is 0. The zero-order valence-electron chi connectivity index (χ0n) is 16.2. The van der Waals surface area contributed by atoms with Gasteiger partial charge in [-0.05, 0) is 38.4 Å². The van der Waals surface area contributed by atoms with Crippen molar-refractivity contribution < 1.29 is 4.79 Å². The van der Waals surface area contributed by atoms with Crippen LogP contribution in [0.15, 0.2) is 60.7 Å². The fourth-order valence-corrected chi connectivity index (χ4v) is 2.74. The van der Waals surface area contributed by atoms with Crippen LogP contribution >= 0.6 is 24.8 Å². The van der Waals surface area contributed by atoms with Crippen LogP contribution in [0.5, 0.6) is 0 Å². The fourth-order valence-electron chi connectivity index (χ4n) is 2.74. The Morgan fingerprint density at radius 2 is 1.59 bits per heavy atom. The number of nitrogens with one attached hydrogen (secondary N) is 1. The first kappa shape index (κ1) is 25.4. The van der Waals surface area contributed by atoms with E-state index in [0.29, 0.717) is 12.6 Å². The molecule has 2 unspecified atom stereocenters. The van der Waals surface area contributed by atoms with Gasteiger partial charge in [0.1, 0.15) is 5.54 Å². The Balaban J connectivity index is 0.00000338. The summed E-state index contributed by atoms with van der Waals surface area (Å²) in [5.74, 6) is -0.142. The van der Waals surface area contributed by atoms with Crippen molar-refractivity contribution in [1.29, 1.82) is 0 Å². The lowest BCUT2D eigenvalue weighted by Gasteiger charge is -2.27. The minimum Gasteiger partial charge on any atom is -0.354 e. The molecule has 3 N–H and O–H groups in total. The molecule has 0 heterocycles. The lowest BCUT2D eigenvalue weighted by molar-refractivity contribution is -0.126. The van der Waals surface area contributed by atoms with Gasteiger partial charge in [0.15, 0.2) is 0 Å². The molecule has 0 aliphatic heterocycles. The molecule has 2 aromatic rings. The lowest BCUT2D eigenvalue weighted by Crippen LogP contribution is -2.49. The number of halogens is 2. The van der Waals surface area contributed by atoms with Gasteiger partial charge in [-0.25, -0.2) is 0 Å². The van der Waals surface area contributed by atoms with E-state index >= 15 is 0 Å². The summed E-state index contributed by atoms with van der Waals surface area (Å²) in [7, 11) is 2.11. The average molecular weight is 412 g/mol. The molecule has 27 heavy (non-hydrogen) atoms. The molecule has 0 aliphatic rings. The van der Waals surface area contributed by atoms with Crippen LogP contribution in [0.25, 0.3) is 0 Å². The van der Waals surface area contributed by atoms with Crippen molar-refractivity contribution in [2.45, 2.75) is 38.4 Å². The molecular formula is C21H31Cl2N3O. The van der Waals surface area contributed by atoms with Gasteiger partial charge in [-0.15, -0.1) is 24.8 Å². The maximum Gasteiger partial charge on any atom is 0.244 e. The van der Waals surface area contributed by atoms with Gasteiger partial charge in [-0.1, -0.05) is 60.7 Å². The highest BCUT2D eigenvalue weighted by atomic mass is 35.5. The highest BCUT2D eigenvalue weighted by molar-refractivity contribution is 5.87. The smallest absolute Gasteiger partial charge is 0.244 e. The normalized spacial score (nSPS) is 13.7. The second kappa shape index (κ2) is 12.0. The highest BCUT2D eigenvalue weighted by Gasteiger charge is 2.29. The summed E-state index contributed by atoms with van der Waals surface area (Å²) in [4.78, 5) is 14.7. The van der Waals surface area contributed by atoms with Gasteiger partial charge in [0.05, 0.1) is 0 Å². The van der Waals surface area contributed by atoms with E-state index in [-0.39, 0.29) is 30.7 Å². The van der Waals surface area contributed by atoms with Gasteiger partial charge >= 0.3 is 0 Å². The number of hydrogen-bond donors (Lipinski definition) is 2. The van der Waals surface area contributed by atoms with Crippen LogP contribution in [0.4, 0.5) is 0 Å². The Hall–Kier alpha value is -1.59. The van der Waals surface area contributed by atoms with E-state index in [2.05, 4.69) is 48.5 Å². The van der Waals surface area contributed by atoms with E-state index in [1.165, 1.54) is 5.56 Å². The first-order valence-electron chi connectivity index (χ1n) is 8.78. The first-order valence-corrected chi connectivity index (χ1v) is 8.78. The number of carbonyl (C=O) groups excluding carboxylic acids is 1. The Morgan fingerprint density at radius 3 is 2.15 bits per heavy atom. The fraction of sp³-hybridized carbons (Fsp3) is 0.381. The van der Waals surface area contributed by atoms with Crippen LogP contribution in [-0.2, 0) is 16.9 Å². The molecule has 0 fully saturated rings. The number of benzene rings is 2. The minimum atomic E-state index is -1.01. The van der Waals surface area contributed by atoms with Crippen molar-refractivity contribution in [3.63, 3.8) is 0 Å². The van der Waals surface area contributed by atoms with Crippen LogP contribution in [0.2, 0.25) is 0 Å². The minimum absolute atomic E-state index is 0. The van der Waals surface area contributed by atoms with E-state index < -0.39 is 5.54 Å². The number of amides is 1. The lowest BCUT2D eigenvalue weighted by atomic mass is 9.92. The molecule has 0 aliphatic carbocycles. The van der Waals surface area contributed by atoms with E-state index in [4.69, 9.17) is 5.73 Å². The maximum absolute atomic E-state index is 12.5. The molecule has 0 saturated heterocycles. The Morgan fingerprint density at radius 1 is 1.07 bits per heavy atom. The largest absolute Gasteiger partial charge is 0.354 e. The molecule has 2 aromatic carbocycles. The Bertz CT molecular complexity index is 666. The highest BCUT2D eigenvalue weighted by Crippen LogP contribution is 2.17. The van der Waals surface area contributed by atoms with Crippen molar-refractivity contribution in [3.8, 4) is 0 Å². The Labute approximate surface area is 175 Å². The summed E-state index contributed by atoms with van der Waals surface area (Å²) in [6.45, 7) is 5.43. The molecule has 150 valence electrons. The van der Waals surface area contributed by atoms with Gasteiger partial charge in [0, 0.05) is 19.1 Å². The third-order valence-electron chi connectivity index (χ3n) is 4.72. The molecule has 2 rings (SSSR count). The van der Waals surface area contributed by atoms with Gasteiger partial charge < -0.3 is 11.1 Å². The molecule has 1 amide bonds. The van der Waals surface area contributed by atoms with Crippen molar-refractivity contribution >= 4 is 30.7 Å². The summed E-state index contributed by atoms with van der Waals surface area (Å²) >= 11 is 0. The number of nitrogens with zero attached hydrogens (tertiary/aromatic N) is 1. The maximum atomic E-state index is 12.5. The quantitative estimate of drug-likeness (QED) is 0.695. The van der Waals surface area contributed by atoms with Crippen LogP contribution in [0.1, 0.15) is 31.4 Å². The average Bonchev–Trinajstić information content (AvgIpc) is 2.63. The second-order valence-corrected chi connectivity index (χ2v) is 6.86. The zero-order valence-corrected chi connectivity index (χ0v) is 17.9. The first-order chi connectivity index (χ1) is 11.9. The van der Waals surface area contributed by atoms with Gasteiger partial charge in [0.2, 0.25) is 5.91 Å². The van der Waals surface area contributed by atoms with Crippen molar-refractivity contribution in [3.05, 3.63) is 71.8 Å². The van der Waals surface area contributed by atoms with Crippen LogP contribution in [0.3, 0.4) is 0 Å². The van der Waals surface area contributed by atoms with E-state index in [1.807, 2.05) is 36.4 Å². The molecule has 4 nitrogen and oxygen atoms in total. The van der Waals surface area contributed by atoms with Gasteiger partial charge in [-0.3, -0.25) is 9.69 Å². The third-order valence-corrected chi connectivity index (χ3v) is 4.72. The van der Waals surface area contributed by atoms with Crippen LogP contribution in [-0.4, -0.2) is 30.4 Å². The molecule has 0 bridgehead atoms. The number of nitrogens with two attached hydrogens (primary N) is 1. The standard InChI is InChI=1S/C21H29N3O.2ClH/c1-17(24(3)16-18-10-6-4-7-11-18)14-15-23-20(25)21(2,22)19-12-8-5-9-13-19;;/h4-13,17H,14-16,22H2,1-3H3,(H,23,25);2*1H. The summed E-state index contributed by atoms with van der Waals surface area (Å²) in [6, 6.07) is 20.2. The monoisotopic (exact) mass is 411 g/mol. The summed E-state index contributed by atoms with van der Waals surface area (Å²) in [5, 5.41) is 2.98. The van der Waals surface area contributed by atoms with E-state index in [9.17, 15) is 4.79 Å². The zero-order chi connectivity index (χ0) is 18.3. The van der Waals surface area contributed by atoms with Crippen molar-refractivity contribution in [2.24, 2.45) is 5.73 Å². The van der Waals surface area contributed by atoms with Crippen molar-refractivity contribution in [1.82, 2.24) is 10.2 Å². The number of carbonyl (C=O) groups is 1. The van der Waals surface area contributed by atoms with Crippen LogP contribution in [0, 0.1) is 0 Å². The summed E-state index contributed by atoms with van der Waals surface area (Å²) in [6.07, 6.45) is 0.875. The molecule has 0 spiro atoms. The van der Waals surface area contributed by atoms with Gasteiger partial charge in [0.25, 0.3) is 0 Å². The van der Waals surface area contributed by atoms with Crippen LogP contribution < -0.4 is 11.1 Å². The predicted octanol–water partition coefficient (Wildman–Crippen LogP) is 3.73. The second-order valence-electron chi connectivity index (χ2n) is 6.86. The van der Waals surface area contributed by atoms with E-state index in [1.54, 1.807) is 6.92 Å². The molecule has 0 aromatic heterocycles. The molecule has 2 atom stereocenters. The van der Waals surface area contributed by atoms with Crippen molar-refractivity contribution in [2.75, 3.05) is 13.6 Å².